The predicted molar refractivity (Wildman–Crippen MR) is 89.0 cm³/mol. The van der Waals surface area contributed by atoms with Crippen LogP contribution in [-0.2, 0) is 12.8 Å². The topological polar surface area (TPSA) is 0 Å². The van der Waals surface area contributed by atoms with Crippen LogP contribution in [0.3, 0.4) is 0 Å². The Morgan fingerprint density at radius 1 is 0.800 bits per heavy atom. The van der Waals surface area contributed by atoms with Gasteiger partial charge in [0.25, 0.3) is 0 Å². The third-order valence-electron chi connectivity index (χ3n) is 3.57. The van der Waals surface area contributed by atoms with E-state index in [-0.39, 0.29) is 0 Å². The molecular weight excluding hydrogens is 240 g/mol. The fourth-order valence-corrected chi connectivity index (χ4v) is 2.22. The molecule has 104 valence electrons. The summed E-state index contributed by atoms with van der Waals surface area (Å²) in [5, 5.41) is 0. The van der Waals surface area contributed by atoms with Crippen LogP contribution >= 0.6 is 0 Å². The zero-order valence-corrected chi connectivity index (χ0v) is 12.6. The summed E-state index contributed by atoms with van der Waals surface area (Å²) < 4.78 is 0. The van der Waals surface area contributed by atoms with E-state index in [2.05, 4.69) is 74.5 Å². The van der Waals surface area contributed by atoms with Crippen molar-refractivity contribution in [1.82, 2.24) is 0 Å². The second-order valence-corrected chi connectivity index (χ2v) is 5.42. The average molecular weight is 264 g/mol. The summed E-state index contributed by atoms with van der Waals surface area (Å²) >= 11 is 0. The van der Waals surface area contributed by atoms with Crippen LogP contribution < -0.4 is 0 Å². The number of unbranched alkanes of at least 4 members (excludes halogenated alkanes) is 1. The Bertz CT molecular complexity index is 529. The molecule has 0 heteroatoms. The first-order valence-electron chi connectivity index (χ1n) is 7.59. The van der Waals surface area contributed by atoms with E-state index < -0.39 is 0 Å². The lowest BCUT2D eigenvalue weighted by atomic mass is 10.0. The maximum absolute atomic E-state index is 2.25. The summed E-state index contributed by atoms with van der Waals surface area (Å²) in [7, 11) is 0. The van der Waals surface area contributed by atoms with Crippen LogP contribution in [0.4, 0.5) is 0 Å². The number of allylic oxidation sites excluding steroid dienone is 1. The molecule has 0 heterocycles. The van der Waals surface area contributed by atoms with Crippen LogP contribution in [0.2, 0.25) is 0 Å². The summed E-state index contributed by atoms with van der Waals surface area (Å²) in [6.45, 7) is 4.34. The molecule has 0 fully saturated rings. The van der Waals surface area contributed by atoms with Gasteiger partial charge in [-0.3, -0.25) is 0 Å². The first-order chi connectivity index (χ1) is 9.78. The summed E-state index contributed by atoms with van der Waals surface area (Å²) in [6, 6.07) is 17.8. The molecule has 0 spiro atoms. The SMILES string of the molecule is CCC/C=C/c1ccc(CCc2ccc(C)cc2)cc1. The van der Waals surface area contributed by atoms with E-state index in [0.29, 0.717) is 0 Å². The van der Waals surface area contributed by atoms with Gasteiger partial charge in [-0.15, -0.1) is 0 Å². The van der Waals surface area contributed by atoms with E-state index in [1.54, 1.807) is 0 Å². The third-order valence-corrected chi connectivity index (χ3v) is 3.57. The van der Waals surface area contributed by atoms with Gasteiger partial charge in [-0.2, -0.15) is 0 Å². The third kappa shape index (κ3) is 4.70. The predicted octanol–water partition coefficient (Wildman–Crippen LogP) is 5.59. The number of hydrogen-bond acceptors (Lipinski definition) is 0. The van der Waals surface area contributed by atoms with Gasteiger partial charge in [-0.1, -0.05) is 79.6 Å². The second-order valence-electron chi connectivity index (χ2n) is 5.42. The standard InChI is InChI=1S/C20H24/c1-3-4-5-6-18-11-13-20(14-12-18)16-15-19-9-7-17(2)8-10-19/h5-14H,3-4,15-16H2,1-2H3/b6-5+. The molecule has 0 nitrogen and oxygen atoms in total. The second kappa shape index (κ2) is 7.69. The Labute approximate surface area is 123 Å². The Hall–Kier alpha value is -1.82. The van der Waals surface area contributed by atoms with Gasteiger partial charge >= 0.3 is 0 Å². The fraction of sp³-hybridized carbons (Fsp3) is 0.300. The van der Waals surface area contributed by atoms with Crippen LogP contribution in [0.5, 0.6) is 0 Å². The lowest BCUT2D eigenvalue weighted by Gasteiger charge is -2.03. The highest BCUT2D eigenvalue weighted by Crippen LogP contribution is 2.11. The van der Waals surface area contributed by atoms with Gasteiger partial charge < -0.3 is 0 Å². The van der Waals surface area contributed by atoms with Crippen molar-refractivity contribution in [2.45, 2.75) is 39.5 Å². The van der Waals surface area contributed by atoms with E-state index in [9.17, 15) is 0 Å². The van der Waals surface area contributed by atoms with Gasteiger partial charge in [0.15, 0.2) is 0 Å². The summed E-state index contributed by atoms with van der Waals surface area (Å²) in [5.74, 6) is 0. The molecule has 2 rings (SSSR count). The molecule has 0 amide bonds. The molecule has 0 aliphatic rings. The van der Waals surface area contributed by atoms with Crippen LogP contribution in [0.25, 0.3) is 6.08 Å². The molecule has 0 N–H and O–H groups in total. The summed E-state index contributed by atoms with van der Waals surface area (Å²) in [6.07, 6.45) is 9.07. The van der Waals surface area contributed by atoms with Crippen LogP contribution in [0.15, 0.2) is 54.6 Å². The van der Waals surface area contributed by atoms with Gasteiger partial charge in [-0.05, 0) is 42.9 Å². The van der Waals surface area contributed by atoms with E-state index >= 15 is 0 Å². The minimum Gasteiger partial charge on any atom is -0.0840 e. The van der Waals surface area contributed by atoms with Crippen molar-refractivity contribution in [3.63, 3.8) is 0 Å². The first kappa shape index (κ1) is 14.6. The molecule has 0 bridgehead atoms. The van der Waals surface area contributed by atoms with E-state index in [1.165, 1.54) is 28.7 Å². The Morgan fingerprint density at radius 2 is 1.35 bits per heavy atom. The molecule has 20 heavy (non-hydrogen) atoms. The van der Waals surface area contributed by atoms with E-state index in [4.69, 9.17) is 0 Å². The lowest BCUT2D eigenvalue weighted by Crippen LogP contribution is -1.91. The number of benzene rings is 2. The number of hydrogen-bond donors (Lipinski definition) is 0. The highest BCUT2D eigenvalue weighted by Gasteiger charge is 1.96. The van der Waals surface area contributed by atoms with Gasteiger partial charge in [-0.25, -0.2) is 0 Å². The zero-order chi connectivity index (χ0) is 14.2. The van der Waals surface area contributed by atoms with Crippen molar-refractivity contribution in [3.05, 3.63) is 76.9 Å². The number of aryl methyl sites for hydroxylation is 3. The van der Waals surface area contributed by atoms with Crippen LogP contribution in [0.1, 0.15) is 42.0 Å². The molecule has 2 aromatic carbocycles. The molecule has 0 atom stereocenters. The molecule has 2 aromatic rings. The maximum atomic E-state index is 2.25. The minimum atomic E-state index is 1.11. The Morgan fingerprint density at radius 3 is 1.90 bits per heavy atom. The van der Waals surface area contributed by atoms with Crippen molar-refractivity contribution in [1.29, 1.82) is 0 Å². The highest BCUT2D eigenvalue weighted by atomic mass is 14.0. The first-order valence-corrected chi connectivity index (χ1v) is 7.59. The molecule has 0 unspecified atom stereocenters. The molecular formula is C20H24. The monoisotopic (exact) mass is 264 g/mol. The van der Waals surface area contributed by atoms with Crippen molar-refractivity contribution in [2.75, 3.05) is 0 Å². The summed E-state index contributed by atoms with van der Waals surface area (Å²) in [5.41, 5.74) is 5.47. The summed E-state index contributed by atoms with van der Waals surface area (Å²) in [4.78, 5) is 0. The lowest BCUT2D eigenvalue weighted by molar-refractivity contribution is 0.958. The van der Waals surface area contributed by atoms with Gasteiger partial charge in [0, 0.05) is 0 Å². The smallest absolute Gasteiger partial charge is 0.0238 e. The quantitative estimate of drug-likeness (QED) is 0.637. The van der Waals surface area contributed by atoms with E-state index in [0.717, 1.165) is 19.3 Å². The van der Waals surface area contributed by atoms with Crippen LogP contribution in [-0.4, -0.2) is 0 Å². The highest BCUT2D eigenvalue weighted by molar-refractivity contribution is 5.49. The zero-order valence-electron chi connectivity index (χ0n) is 12.6. The van der Waals surface area contributed by atoms with Gasteiger partial charge in [0.05, 0.1) is 0 Å². The number of rotatable bonds is 6. The maximum Gasteiger partial charge on any atom is -0.0238 e. The normalized spacial score (nSPS) is 11.1. The average Bonchev–Trinajstić information content (AvgIpc) is 2.48. The van der Waals surface area contributed by atoms with Crippen molar-refractivity contribution in [2.24, 2.45) is 0 Å². The Balaban J connectivity index is 1.89. The molecule has 0 saturated carbocycles. The van der Waals surface area contributed by atoms with Gasteiger partial charge in [0.2, 0.25) is 0 Å². The van der Waals surface area contributed by atoms with E-state index in [1.807, 2.05) is 0 Å². The van der Waals surface area contributed by atoms with Crippen molar-refractivity contribution in [3.8, 4) is 0 Å². The van der Waals surface area contributed by atoms with Crippen LogP contribution in [0, 0.1) is 6.92 Å². The molecule has 0 aliphatic carbocycles. The molecule has 0 aliphatic heterocycles. The minimum absolute atomic E-state index is 1.11. The molecule has 0 saturated heterocycles. The molecule has 0 radical (unpaired) electrons. The Kier molecular flexibility index (Phi) is 5.61. The molecule has 0 aromatic heterocycles. The largest absolute Gasteiger partial charge is 0.0840 e. The van der Waals surface area contributed by atoms with Crippen molar-refractivity contribution < 1.29 is 0 Å². The fourth-order valence-electron chi connectivity index (χ4n) is 2.22. The van der Waals surface area contributed by atoms with Crippen molar-refractivity contribution >= 4 is 6.08 Å². The van der Waals surface area contributed by atoms with Gasteiger partial charge in [0.1, 0.15) is 0 Å².